The lowest BCUT2D eigenvalue weighted by molar-refractivity contribution is 0.863. The van der Waals surface area contributed by atoms with Crippen molar-refractivity contribution in [2.24, 2.45) is 0 Å². The Hall–Kier alpha value is -2.37. The first-order valence-corrected chi connectivity index (χ1v) is 4.87. The van der Waals surface area contributed by atoms with Gasteiger partial charge in [-0.15, -0.1) is 0 Å². The van der Waals surface area contributed by atoms with E-state index in [4.69, 9.17) is 5.73 Å². The van der Waals surface area contributed by atoms with Crippen LogP contribution in [0.1, 0.15) is 5.69 Å². The number of hydrogen-bond donors (Lipinski definition) is 2. The first-order valence-electron chi connectivity index (χ1n) is 4.87. The number of anilines is 1. The second-order valence-electron chi connectivity index (χ2n) is 3.54. The molecule has 0 saturated heterocycles. The minimum atomic E-state index is 0.549. The lowest BCUT2D eigenvalue weighted by Gasteiger charge is -1.99. The number of aromatic nitrogens is 5. The third-order valence-corrected chi connectivity index (χ3v) is 2.49. The van der Waals surface area contributed by atoms with Crippen LogP contribution in [0.15, 0.2) is 24.5 Å². The number of nitrogens with one attached hydrogen (secondary N) is 1. The molecule has 0 saturated carbocycles. The fraction of sp³-hybridized carbons (Fsp3) is 0.100. The SMILES string of the molecule is Cc1nn(-c2ccncc2)c2n[nH]c(N)c12. The number of nitrogens with zero attached hydrogens (tertiary/aromatic N) is 4. The van der Waals surface area contributed by atoms with E-state index in [1.165, 1.54) is 0 Å². The standard InChI is InChI=1S/C10H10N6/c1-6-8-9(11)13-14-10(8)16(15-6)7-2-4-12-5-3-7/h2-5H,1H3,(H3,11,13,14). The van der Waals surface area contributed by atoms with Crippen LogP contribution in [-0.4, -0.2) is 25.0 Å². The van der Waals surface area contributed by atoms with E-state index in [0.717, 1.165) is 22.4 Å². The molecule has 3 heterocycles. The topological polar surface area (TPSA) is 85.4 Å². The van der Waals surface area contributed by atoms with Crippen LogP contribution in [0, 0.1) is 6.92 Å². The van der Waals surface area contributed by atoms with Gasteiger partial charge in [0.15, 0.2) is 5.65 Å². The summed E-state index contributed by atoms with van der Waals surface area (Å²) in [5.41, 5.74) is 8.30. The van der Waals surface area contributed by atoms with Crippen LogP contribution in [-0.2, 0) is 0 Å². The van der Waals surface area contributed by atoms with Crippen molar-refractivity contribution >= 4 is 16.9 Å². The predicted molar refractivity (Wildman–Crippen MR) is 60.2 cm³/mol. The highest BCUT2D eigenvalue weighted by atomic mass is 15.3. The van der Waals surface area contributed by atoms with Crippen molar-refractivity contribution in [1.82, 2.24) is 25.0 Å². The molecular weight excluding hydrogens is 204 g/mol. The number of pyridine rings is 1. The molecule has 0 aromatic carbocycles. The second kappa shape index (κ2) is 3.06. The van der Waals surface area contributed by atoms with Crippen LogP contribution >= 0.6 is 0 Å². The van der Waals surface area contributed by atoms with Crippen molar-refractivity contribution < 1.29 is 0 Å². The molecule has 6 heteroatoms. The van der Waals surface area contributed by atoms with Crippen LogP contribution < -0.4 is 5.73 Å². The Morgan fingerprint density at radius 1 is 1.31 bits per heavy atom. The van der Waals surface area contributed by atoms with Crippen molar-refractivity contribution in [3.8, 4) is 5.69 Å². The molecule has 0 radical (unpaired) electrons. The summed E-state index contributed by atoms with van der Waals surface area (Å²) < 4.78 is 1.75. The zero-order valence-corrected chi connectivity index (χ0v) is 8.68. The molecule has 0 aliphatic rings. The number of nitrogens with two attached hydrogens (primary N) is 1. The van der Waals surface area contributed by atoms with E-state index >= 15 is 0 Å². The second-order valence-corrected chi connectivity index (χ2v) is 3.54. The molecule has 16 heavy (non-hydrogen) atoms. The fourth-order valence-corrected chi connectivity index (χ4v) is 1.77. The van der Waals surface area contributed by atoms with Gasteiger partial charge in [-0.3, -0.25) is 10.1 Å². The molecule has 0 amide bonds. The van der Waals surface area contributed by atoms with Gasteiger partial charge in [0.05, 0.1) is 16.8 Å². The zero-order valence-electron chi connectivity index (χ0n) is 8.68. The van der Waals surface area contributed by atoms with Crippen LogP contribution in [0.5, 0.6) is 0 Å². The minimum Gasteiger partial charge on any atom is -0.383 e. The number of nitrogen functional groups attached to an aromatic ring is 1. The van der Waals surface area contributed by atoms with Gasteiger partial charge in [0.2, 0.25) is 0 Å². The summed E-state index contributed by atoms with van der Waals surface area (Å²) in [5.74, 6) is 0.549. The van der Waals surface area contributed by atoms with Gasteiger partial charge in [0.1, 0.15) is 5.82 Å². The fourth-order valence-electron chi connectivity index (χ4n) is 1.77. The van der Waals surface area contributed by atoms with Gasteiger partial charge in [-0.1, -0.05) is 0 Å². The van der Waals surface area contributed by atoms with Gasteiger partial charge >= 0.3 is 0 Å². The maximum absolute atomic E-state index is 5.78. The lowest BCUT2D eigenvalue weighted by atomic mass is 10.3. The Balaban J connectivity index is 2.33. The molecule has 3 N–H and O–H groups in total. The van der Waals surface area contributed by atoms with Crippen LogP contribution in [0.4, 0.5) is 5.82 Å². The van der Waals surface area contributed by atoms with E-state index in [0.29, 0.717) is 5.82 Å². The summed E-state index contributed by atoms with van der Waals surface area (Å²) in [5, 5.41) is 12.2. The van der Waals surface area contributed by atoms with E-state index in [1.54, 1.807) is 17.1 Å². The number of hydrogen-bond acceptors (Lipinski definition) is 4. The van der Waals surface area contributed by atoms with Crippen molar-refractivity contribution in [3.63, 3.8) is 0 Å². The van der Waals surface area contributed by atoms with Gasteiger partial charge < -0.3 is 5.73 Å². The van der Waals surface area contributed by atoms with Crippen LogP contribution in [0.2, 0.25) is 0 Å². The Labute approximate surface area is 91.1 Å². The number of aryl methyl sites for hydroxylation is 1. The van der Waals surface area contributed by atoms with Crippen LogP contribution in [0.3, 0.4) is 0 Å². The summed E-state index contributed by atoms with van der Waals surface area (Å²) in [4.78, 5) is 3.97. The van der Waals surface area contributed by atoms with Crippen molar-refractivity contribution in [3.05, 3.63) is 30.2 Å². The molecule has 3 aromatic rings. The van der Waals surface area contributed by atoms with Crippen LogP contribution in [0.25, 0.3) is 16.7 Å². The average molecular weight is 214 g/mol. The Bertz CT molecular complexity index is 636. The summed E-state index contributed by atoms with van der Waals surface area (Å²) in [6.07, 6.45) is 3.43. The van der Waals surface area contributed by atoms with Crippen molar-refractivity contribution in [2.45, 2.75) is 6.92 Å². The average Bonchev–Trinajstić information content (AvgIpc) is 2.83. The van der Waals surface area contributed by atoms with E-state index in [2.05, 4.69) is 20.3 Å². The lowest BCUT2D eigenvalue weighted by Crippen LogP contribution is -1.97. The normalized spacial score (nSPS) is 11.1. The third kappa shape index (κ3) is 1.10. The van der Waals surface area contributed by atoms with Gasteiger partial charge in [0.25, 0.3) is 0 Å². The van der Waals surface area contributed by atoms with Gasteiger partial charge in [-0.25, -0.2) is 4.68 Å². The smallest absolute Gasteiger partial charge is 0.186 e. The highest BCUT2D eigenvalue weighted by molar-refractivity contribution is 5.89. The molecule has 0 aliphatic carbocycles. The largest absolute Gasteiger partial charge is 0.383 e. The van der Waals surface area contributed by atoms with E-state index in [1.807, 2.05) is 19.1 Å². The van der Waals surface area contributed by atoms with Crippen molar-refractivity contribution in [1.29, 1.82) is 0 Å². The minimum absolute atomic E-state index is 0.549. The molecule has 3 aromatic heterocycles. The van der Waals surface area contributed by atoms with Gasteiger partial charge in [0, 0.05) is 12.4 Å². The molecule has 0 atom stereocenters. The molecule has 0 aliphatic heterocycles. The van der Waals surface area contributed by atoms with Gasteiger partial charge in [-0.05, 0) is 19.1 Å². The molecule has 3 rings (SSSR count). The Morgan fingerprint density at radius 2 is 2.06 bits per heavy atom. The quantitative estimate of drug-likeness (QED) is 0.633. The molecule has 0 unspecified atom stereocenters. The monoisotopic (exact) mass is 214 g/mol. The summed E-state index contributed by atoms with van der Waals surface area (Å²) in [6.45, 7) is 1.91. The van der Waals surface area contributed by atoms with E-state index < -0.39 is 0 Å². The first kappa shape index (κ1) is 8.90. The van der Waals surface area contributed by atoms with Crippen molar-refractivity contribution in [2.75, 3.05) is 5.73 Å². The molecule has 0 bridgehead atoms. The molecule has 80 valence electrons. The first-order chi connectivity index (χ1) is 7.77. The Morgan fingerprint density at radius 3 is 2.81 bits per heavy atom. The summed E-state index contributed by atoms with van der Waals surface area (Å²) in [6, 6.07) is 3.74. The Kier molecular flexibility index (Phi) is 1.70. The number of H-pyrrole nitrogens is 1. The number of rotatable bonds is 1. The maximum atomic E-state index is 5.78. The molecule has 6 nitrogen and oxygen atoms in total. The van der Waals surface area contributed by atoms with E-state index in [9.17, 15) is 0 Å². The zero-order chi connectivity index (χ0) is 11.1. The molecular formula is C10H10N6. The van der Waals surface area contributed by atoms with E-state index in [-0.39, 0.29) is 0 Å². The maximum Gasteiger partial charge on any atom is 0.186 e. The number of fused-ring (bicyclic) bond motifs is 1. The predicted octanol–water partition coefficient (Wildman–Crippen LogP) is 1.03. The van der Waals surface area contributed by atoms with Gasteiger partial charge in [-0.2, -0.15) is 10.2 Å². The molecule has 0 spiro atoms. The summed E-state index contributed by atoms with van der Waals surface area (Å²) >= 11 is 0. The molecule has 0 fully saturated rings. The third-order valence-electron chi connectivity index (χ3n) is 2.49. The summed E-state index contributed by atoms with van der Waals surface area (Å²) in [7, 11) is 0. The highest BCUT2D eigenvalue weighted by Gasteiger charge is 2.14. The highest BCUT2D eigenvalue weighted by Crippen LogP contribution is 2.23. The number of aromatic amines is 1.